The molecule has 2 rings (SSSR count). The van der Waals surface area contributed by atoms with Crippen LogP contribution in [0.1, 0.15) is 24.8 Å². The predicted octanol–water partition coefficient (Wildman–Crippen LogP) is 1.40. The van der Waals surface area contributed by atoms with Crippen LogP contribution in [0.3, 0.4) is 0 Å². The standard InChI is InChI=1S/C17H22N2O6/c1-23-16(21)11-15(20)19(14-7-9-24-10-8-14)18-17(22)25-12-13-5-3-2-4-6-13/h2-6,14H,7-12H2,1H3,(H,18,22). The van der Waals surface area contributed by atoms with E-state index in [0.717, 1.165) is 10.6 Å². The van der Waals surface area contributed by atoms with Crippen molar-refractivity contribution < 1.29 is 28.6 Å². The summed E-state index contributed by atoms with van der Waals surface area (Å²) in [5, 5.41) is 1.16. The normalized spacial score (nSPS) is 14.4. The molecule has 0 bridgehead atoms. The van der Waals surface area contributed by atoms with E-state index in [1.807, 2.05) is 30.3 Å². The van der Waals surface area contributed by atoms with E-state index < -0.39 is 24.4 Å². The molecule has 136 valence electrons. The average Bonchev–Trinajstić information content (AvgIpc) is 2.65. The lowest BCUT2D eigenvalue weighted by atomic mass is 10.1. The fraction of sp³-hybridized carbons (Fsp3) is 0.471. The van der Waals surface area contributed by atoms with Gasteiger partial charge in [0.05, 0.1) is 13.2 Å². The van der Waals surface area contributed by atoms with Gasteiger partial charge in [-0.2, -0.15) is 0 Å². The molecule has 1 aromatic carbocycles. The fourth-order valence-corrected chi connectivity index (χ4v) is 2.44. The van der Waals surface area contributed by atoms with Crippen LogP contribution in [0.2, 0.25) is 0 Å². The molecule has 0 spiro atoms. The maximum atomic E-state index is 12.3. The number of esters is 1. The van der Waals surface area contributed by atoms with Crippen molar-refractivity contribution in [2.75, 3.05) is 20.3 Å². The first-order chi connectivity index (χ1) is 12.1. The number of amides is 2. The van der Waals surface area contributed by atoms with Gasteiger partial charge in [0, 0.05) is 13.2 Å². The highest BCUT2D eigenvalue weighted by Crippen LogP contribution is 2.14. The van der Waals surface area contributed by atoms with Crippen LogP contribution < -0.4 is 5.43 Å². The van der Waals surface area contributed by atoms with Crippen LogP contribution >= 0.6 is 0 Å². The summed E-state index contributed by atoms with van der Waals surface area (Å²) in [5.41, 5.74) is 3.28. The Balaban J connectivity index is 1.95. The minimum absolute atomic E-state index is 0.0828. The molecule has 0 aromatic heterocycles. The lowest BCUT2D eigenvalue weighted by Crippen LogP contribution is -2.54. The zero-order chi connectivity index (χ0) is 18.1. The Kier molecular flexibility index (Phi) is 7.21. The number of hydrazine groups is 1. The van der Waals surface area contributed by atoms with Crippen LogP contribution in [0, 0.1) is 0 Å². The quantitative estimate of drug-likeness (QED) is 0.490. The Bertz CT molecular complexity index is 586. The topological polar surface area (TPSA) is 94.2 Å². The van der Waals surface area contributed by atoms with Crippen LogP contribution in [-0.4, -0.2) is 49.3 Å². The molecule has 0 unspecified atom stereocenters. The van der Waals surface area contributed by atoms with Gasteiger partial charge in [-0.15, -0.1) is 0 Å². The van der Waals surface area contributed by atoms with E-state index in [2.05, 4.69) is 10.2 Å². The van der Waals surface area contributed by atoms with E-state index in [-0.39, 0.29) is 12.6 Å². The number of methoxy groups -OCH3 is 1. The van der Waals surface area contributed by atoms with Gasteiger partial charge in [0.1, 0.15) is 13.0 Å². The molecule has 1 aliphatic heterocycles. The molecule has 0 radical (unpaired) electrons. The Hall–Kier alpha value is -2.61. The van der Waals surface area contributed by atoms with Gasteiger partial charge in [-0.1, -0.05) is 30.3 Å². The second kappa shape index (κ2) is 9.63. The summed E-state index contributed by atoms with van der Waals surface area (Å²) in [6.45, 7) is 1.04. The summed E-state index contributed by atoms with van der Waals surface area (Å²) in [7, 11) is 1.20. The maximum Gasteiger partial charge on any atom is 0.426 e. The van der Waals surface area contributed by atoms with E-state index in [1.54, 1.807) is 0 Å². The molecule has 25 heavy (non-hydrogen) atoms. The van der Waals surface area contributed by atoms with Crippen molar-refractivity contribution in [1.29, 1.82) is 0 Å². The second-order valence-electron chi connectivity index (χ2n) is 5.53. The number of carbonyl (C=O) groups is 3. The molecule has 1 heterocycles. The Labute approximate surface area is 146 Å². The van der Waals surface area contributed by atoms with Crippen LogP contribution in [0.5, 0.6) is 0 Å². The summed E-state index contributed by atoms with van der Waals surface area (Å²) in [6.07, 6.45) is -0.0848. The van der Waals surface area contributed by atoms with Gasteiger partial charge in [-0.3, -0.25) is 9.59 Å². The second-order valence-corrected chi connectivity index (χ2v) is 5.53. The minimum Gasteiger partial charge on any atom is -0.469 e. The number of rotatable bonds is 5. The first kappa shape index (κ1) is 18.7. The summed E-state index contributed by atoms with van der Waals surface area (Å²) < 4.78 is 14.9. The van der Waals surface area contributed by atoms with Gasteiger partial charge >= 0.3 is 12.1 Å². The van der Waals surface area contributed by atoms with Crippen molar-refractivity contribution in [3.8, 4) is 0 Å². The fourth-order valence-electron chi connectivity index (χ4n) is 2.44. The molecule has 1 aliphatic rings. The minimum atomic E-state index is -0.756. The number of nitrogens with zero attached hydrogens (tertiary/aromatic N) is 1. The average molecular weight is 350 g/mol. The van der Waals surface area contributed by atoms with Crippen molar-refractivity contribution in [2.24, 2.45) is 0 Å². The molecule has 8 nitrogen and oxygen atoms in total. The van der Waals surface area contributed by atoms with Crippen LogP contribution in [0.4, 0.5) is 4.79 Å². The van der Waals surface area contributed by atoms with Crippen LogP contribution in [-0.2, 0) is 30.4 Å². The Morgan fingerprint density at radius 1 is 1.20 bits per heavy atom. The first-order valence-corrected chi connectivity index (χ1v) is 8.04. The first-order valence-electron chi connectivity index (χ1n) is 8.04. The number of hydrogen-bond acceptors (Lipinski definition) is 6. The molecular weight excluding hydrogens is 328 g/mol. The highest BCUT2D eigenvalue weighted by molar-refractivity contribution is 5.94. The molecule has 1 fully saturated rings. The third-order valence-electron chi connectivity index (χ3n) is 3.77. The maximum absolute atomic E-state index is 12.3. The van der Waals surface area contributed by atoms with Gasteiger partial charge in [-0.25, -0.2) is 15.2 Å². The third kappa shape index (κ3) is 6.07. The highest BCUT2D eigenvalue weighted by Gasteiger charge is 2.29. The summed E-state index contributed by atoms with van der Waals surface area (Å²) in [4.78, 5) is 35.8. The molecule has 1 aromatic rings. The summed E-state index contributed by atoms with van der Waals surface area (Å²) in [6, 6.07) is 8.94. The molecule has 1 saturated heterocycles. The largest absolute Gasteiger partial charge is 0.469 e. The summed E-state index contributed by atoms with van der Waals surface area (Å²) >= 11 is 0. The van der Waals surface area contributed by atoms with E-state index in [4.69, 9.17) is 9.47 Å². The van der Waals surface area contributed by atoms with Gasteiger partial charge < -0.3 is 14.2 Å². The lowest BCUT2D eigenvalue weighted by molar-refractivity contribution is -0.150. The number of carbonyl (C=O) groups excluding carboxylic acids is 3. The van der Waals surface area contributed by atoms with Crippen molar-refractivity contribution in [3.63, 3.8) is 0 Å². The molecule has 2 amide bonds. The zero-order valence-electron chi connectivity index (χ0n) is 14.1. The van der Waals surface area contributed by atoms with E-state index in [1.165, 1.54) is 7.11 Å². The molecule has 0 atom stereocenters. The number of nitrogens with one attached hydrogen (secondary N) is 1. The van der Waals surface area contributed by atoms with Crippen molar-refractivity contribution in [1.82, 2.24) is 10.4 Å². The van der Waals surface area contributed by atoms with E-state index in [0.29, 0.717) is 26.1 Å². The van der Waals surface area contributed by atoms with Crippen molar-refractivity contribution >= 4 is 18.0 Å². The van der Waals surface area contributed by atoms with E-state index >= 15 is 0 Å². The Morgan fingerprint density at radius 3 is 2.52 bits per heavy atom. The smallest absolute Gasteiger partial charge is 0.426 e. The summed E-state index contributed by atoms with van der Waals surface area (Å²) in [5.74, 6) is -1.21. The lowest BCUT2D eigenvalue weighted by Gasteiger charge is -2.33. The number of ether oxygens (including phenoxy) is 3. The molecule has 0 aliphatic carbocycles. The molecule has 1 N–H and O–H groups in total. The monoisotopic (exact) mass is 350 g/mol. The third-order valence-corrected chi connectivity index (χ3v) is 3.77. The predicted molar refractivity (Wildman–Crippen MR) is 87.1 cm³/mol. The van der Waals surface area contributed by atoms with E-state index in [9.17, 15) is 14.4 Å². The van der Waals surface area contributed by atoms with Crippen LogP contribution in [0.15, 0.2) is 30.3 Å². The SMILES string of the molecule is COC(=O)CC(=O)N(NC(=O)OCc1ccccc1)C1CCOCC1. The van der Waals surface area contributed by atoms with Gasteiger partial charge in [0.25, 0.3) is 5.91 Å². The number of hydrogen-bond donors (Lipinski definition) is 1. The van der Waals surface area contributed by atoms with Gasteiger partial charge in [0.2, 0.25) is 0 Å². The van der Waals surface area contributed by atoms with Crippen molar-refractivity contribution in [3.05, 3.63) is 35.9 Å². The van der Waals surface area contributed by atoms with Gasteiger partial charge in [-0.05, 0) is 18.4 Å². The van der Waals surface area contributed by atoms with Crippen molar-refractivity contribution in [2.45, 2.75) is 31.9 Å². The highest BCUT2D eigenvalue weighted by atomic mass is 16.6. The van der Waals surface area contributed by atoms with Gasteiger partial charge in [0.15, 0.2) is 0 Å². The molecule has 8 heteroatoms. The van der Waals surface area contributed by atoms with Crippen LogP contribution in [0.25, 0.3) is 0 Å². The number of benzene rings is 1. The molecular formula is C17H22N2O6. The Morgan fingerprint density at radius 2 is 1.88 bits per heavy atom. The zero-order valence-corrected chi connectivity index (χ0v) is 14.1. The molecule has 0 saturated carbocycles.